The number of halogens is 3. The topological polar surface area (TPSA) is 106 Å². The summed E-state index contributed by atoms with van der Waals surface area (Å²) in [6.07, 6.45) is -2.40. The number of nitrogens with zero attached hydrogens (tertiary/aromatic N) is 4. The maximum atomic E-state index is 13.4. The molecule has 1 aliphatic carbocycles. The molecule has 1 N–H and O–H groups in total. The molecule has 1 aromatic heterocycles. The van der Waals surface area contributed by atoms with Crippen LogP contribution in [0.15, 0.2) is 42.5 Å². The van der Waals surface area contributed by atoms with E-state index in [9.17, 15) is 27.6 Å². The van der Waals surface area contributed by atoms with Crippen LogP contribution in [0.4, 0.5) is 23.9 Å². The van der Waals surface area contributed by atoms with Crippen LogP contribution >= 0.6 is 0 Å². The second kappa shape index (κ2) is 13.9. The molecule has 0 spiro atoms. The zero-order chi connectivity index (χ0) is 33.9. The Balaban J connectivity index is 1.36. The molecule has 0 radical (unpaired) electrons. The SMILES string of the molecule is CCOC(=O)[C@H]1CC[C@@H](n2c(NC(=O)c3cccc(C(F)(F)F)c3)nc3cc(CN4CCN(C(=O)OC(C)(C)C)CC4)ccc32)CC1. The Morgan fingerprint density at radius 3 is 2.30 bits per heavy atom. The van der Waals surface area contributed by atoms with Crippen molar-refractivity contribution < 1.29 is 37.0 Å². The molecule has 3 aromatic rings. The molecule has 0 bridgehead atoms. The Kier molecular flexibility index (Phi) is 10.1. The normalized spacial score (nSPS) is 19.4. The molecule has 13 heteroatoms. The predicted molar refractivity (Wildman–Crippen MR) is 170 cm³/mol. The third-order valence-electron chi connectivity index (χ3n) is 8.54. The number of aromatic nitrogens is 2. The average Bonchev–Trinajstić information content (AvgIpc) is 3.37. The first-order valence-corrected chi connectivity index (χ1v) is 16.1. The lowest BCUT2D eigenvalue weighted by molar-refractivity contribution is -0.149. The molecule has 1 saturated carbocycles. The van der Waals surface area contributed by atoms with Gasteiger partial charge in [0.2, 0.25) is 5.95 Å². The Morgan fingerprint density at radius 2 is 1.66 bits per heavy atom. The zero-order valence-electron chi connectivity index (χ0n) is 27.2. The number of anilines is 1. The van der Waals surface area contributed by atoms with Gasteiger partial charge in [0.25, 0.3) is 5.91 Å². The minimum Gasteiger partial charge on any atom is -0.466 e. The quantitative estimate of drug-likeness (QED) is 0.284. The summed E-state index contributed by atoms with van der Waals surface area (Å²) < 4.78 is 52.7. The first-order valence-electron chi connectivity index (χ1n) is 16.1. The molecule has 2 fully saturated rings. The van der Waals surface area contributed by atoms with Crippen LogP contribution in [0.5, 0.6) is 0 Å². The number of carbonyl (C=O) groups excluding carboxylic acids is 3. The monoisotopic (exact) mass is 657 g/mol. The van der Waals surface area contributed by atoms with Crippen molar-refractivity contribution in [3.05, 3.63) is 59.2 Å². The van der Waals surface area contributed by atoms with E-state index in [-0.39, 0.29) is 35.5 Å². The minimum atomic E-state index is -4.58. The van der Waals surface area contributed by atoms with Gasteiger partial charge < -0.3 is 18.9 Å². The van der Waals surface area contributed by atoms with Crippen molar-refractivity contribution in [2.75, 3.05) is 38.1 Å². The van der Waals surface area contributed by atoms with E-state index in [4.69, 9.17) is 14.5 Å². The maximum absolute atomic E-state index is 13.4. The Bertz CT molecular complexity index is 1600. The lowest BCUT2D eigenvalue weighted by Gasteiger charge is -2.35. The van der Waals surface area contributed by atoms with Gasteiger partial charge in [-0.1, -0.05) is 12.1 Å². The fourth-order valence-corrected chi connectivity index (χ4v) is 6.21. The highest BCUT2D eigenvalue weighted by atomic mass is 19.4. The number of alkyl halides is 3. The molecule has 1 aliphatic heterocycles. The smallest absolute Gasteiger partial charge is 0.416 e. The van der Waals surface area contributed by atoms with Crippen LogP contribution in [0.25, 0.3) is 11.0 Å². The van der Waals surface area contributed by atoms with Gasteiger partial charge in [-0.15, -0.1) is 0 Å². The number of nitrogens with one attached hydrogen (secondary N) is 1. The summed E-state index contributed by atoms with van der Waals surface area (Å²) in [5, 5.41) is 2.77. The molecule has 254 valence electrons. The minimum absolute atomic E-state index is 0.0886. The number of rotatable bonds is 7. The maximum Gasteiger partial charge on any atom is 0.416 e. The van der Waals surface area contributed by atoms with Crippen molar-refractivity contribution >= 4 is 35.0 Å². The number of hydrogen-bond acceptors (Lipinski definition) is 7. The van der Waals surface area contributed by atoms with Crippen LogP contribution in [0.1, 0.15) is 80.9 Å². The second-order valence-corrected chi connectivity index (χ2v) is 13.2. The van der Waals surface area contributed by atoms with Crippen LogP contribution in [-0.2, 0) is 27.0 Å². The van der Waals surface area contributed by atoms with E-state index in [0.29, 0.717) is 70.5 Å². The van der Waals surface area contributed by atoms with E-state index in [2.05, 4.69) is 10.2 Å². The van der Waals surface area contributed by atoms with Crippen LogP contribution in [0.3, 0.4) is 0 Å². The van der Waals surface area contributed by atoms with Crippen molar-refractivity contribution in [3.8, 4) is 0 Å². The Morgan fingerprint density at radius 1 is 0.957 bits per heavy atom. The van der Waals surface area contributed by atoms with Gasteiger partial charge in [-0.3, -0.25) is 19.8 Å². The molecule has 10 nitrogen and oxygen atoms in total. The molecule has 0 atom stereocenters. The van der Waals surface area contributed by atoms with Crippen molar-refractivity contribution in [3.63, 3.8) is 0 Å². The van der Waals surface area contributed by atoms with E-state index in [1.807, 2.05) is 43.5 Å². The summed E-state index contributed by atoms with van der Waals surface area (Å²) in [5.41, 5.74) is 0.820. The van der Waals surface area contributed by atoms with Gasteiger partial charge in [0.15, 0.2) is 0 Å². The van der Waals surface area contributed by atoms with Crippen LogP contribution in [0, 0.1) is 5.92 Å². The van der Waals surface area contributed by atoms with Gasteiger partial charge in [0, 0.05) is 44.3 Å². The van der Waals surface area contributed by atoms with Gasteiger partial charge in [-0.25, -0.2) is 9.78 Å². The molecular formula is C34H42F3N5O5. The number of piperazine rings is 1. The third kappa shape index (κ3) is 8.43. The summed E-state index contributed by atoms with van der Waals surface area (Å²) in [4.78, 5) is 46.8. The molecule has 2 aromatic carbocycles. The fourth-order valence-electron chi connectivity index (χ4n) is 6.21. The number of benzene rings is 2. The number of carbonyl (C=O) groups is 3. The highest BCUT2D eigenvalue weighted by Crippen LogP contribution is 2.38. The number of esters is 1. The molecule has 5 rings (SSSR count). The number of imidazole rings is 1. The summed E-state index contributed by atoms with van der Waals surface area (Å²) in [7, 11) is 0. The third-order valence-corrected chi connectivity index (χ3v) is 8.54. The second-order valence-electron chi connectivity index (χ2n) is 13.2. The lowest BCUT2D eigenvalue weighted by atomic mass is 9.86. The number of amides is 2. The van der Waals surface area contributed by atoms with Crippen LogP contribution in [-0.4, -0.2) is 75.7 Å². The van der Waals surface area contributed by atoms with Gasteiger partial charge >= 0.3 is 18.2 Å². The summed E-state index contributed by atoms with van der Waals surface area (Å²) in [5.74, 6) is -0.872. The lowest BCUT2D eigenvalue weighted by Crippen LogP contribution is -2.49. The van der Waals surface area contributed by atoms with Crippen molar-refractivity contribution in [2.45, 2.75) is 77.7 Å². The first kappa shape index (κ1) is 34.2. The van der Waals surface area contributed by atoms with Gasteiger partial charge in [0.1, 0.15) is 5.60 Å². The van der Waals surface area contributed by atoms with E-state index in [1.165, 1.54) is 12.1 Å². The van der Waals surface area contributed by atoms with Crippen molar-refractivity contribution in [1.82, 2.24) is 19.4 Å². The van der Waals surface area contributed by atoms with Crippen LogP contribution in [0.2, 0.25) is 0 Å². The Labute approximate surface area is 272 Å². The summed E-state index contributed by atoms with van der Waals surface area (Å²) in [6.45, 7) is 10.7. The van der Waals surface area contributed by atoms with Crippen molar-refractivity contribution in [1.29, 1.82) is 0 Å². The number of fused-ring (bicyclic) bond motifs is 1. The molecule has 47 heavy (non-hydrogen) atoms. The molecule has 2 aliphatic rings. The van der Waals surface area contributed by atoms with Crippen molar-refractivity contribution in [2.24, 2.45) is 5.92 Å². The highest BCUT2D eigenvalue weighted by molar-refractivity contribution is 6.04. The van der Waals surface area contributed by atoms with E-state index in [1.54, 1.807) is 11.8 Å². The largest absolute Gasteiger partial charge is 0.466 e. The molecule has 1 saturated heterocycles. The van der Waals surface area contributed by atoms with Gasteiger partial charge in [-0.2, -0.15) is 13.2 Å². The number of hydrogen-bond donors (Lipinski definition) is 1. The summed E-state index contributed by atoms with van der Waals surface area (Å²) in [6, 6.07) is 10.1. The van der Waals surface area contributed by atoms with E-state index < -0.39 is 23.2 Å². The number of ether oxygens (including phenoxy) is 2. The average molecular weight is 658 g/mol. The predicted octanol–water partition coefficient (Wildman–Crippen LogP) is 6.65. The Hall–Kier alpha value is -4.13. The van der Waals surface area contributed by atoms with E-state index >= 15 is 0 Å². The standard InChI is InChI=1S/C34H42F3N5O5/c1-5-46-30(44)23-10-12-26(13-11-23)42-28-14-9-22(21-40-15-17-41(18-16-40)32(45)47-33(2,3)4)19-27(28)38-31(42)39-29(43)24-7-6-8-25(20-24)34(35,36)37/h6-9,14,19-20,23,26H,5,10-13,15-18,21H2,1-4H3,(H,38,39,43)/t23-,26+. The van der Waals surface area contributed by atoms with Gasteiger partial charge in [0.05, 0.1) is 29.1 Å². The first-order chi connectivity index (χ1) is 22.2. The molecule has 0 unspecified atom stereocenters. The van der Waals surface area contributed by atoms with Crippen LogP contribution < -0.4 is 5.32 Å². The summed E-state index contributed by atoms with van der Waals surface area (Å²) >= 11 is 0. The molecule has 2 heterocycles. The fraction of sp³-hybridized carbons (Fsp3) is 0.529. The highest BCUT2D eigenvalue weighted by Gasteiger charge is 2.33. The van der Waals surface area contributed by atoms with Gasteiger partial charge in [-0.05, 0) is 89.3 Å². The molecule has 2 amide bonds. The molecular weight excluding hydrogens is 615 g/mol. The van der Waals surface area contributed by atoms with E-state index in [0.717, 1.165) is 23.2 Å². The zero-order valence-corrected chi connectivity index (χ0v) is 27.2.